The van der Waals surface area contributed by atoms with Gasteiger partial charge in [0.15, 0.2) is 0 Å². The number of hydrazine groups is 1. The lowest BCUT2D eigenvalue weighted by Crippen LogP contribution is -2.41. The van der Waals surface area contributed by atoms with Crippen molar-refractivity contribution in [1.29, 1.82) is 0 Å². The predicted molar refractivity (Wildman–Crippen MR) is 69.4 cm³/mol. The molecule has 0 amide bonds. The van der Waals surface area contributed by atoms with E-state index in [-0.39, 0.29) is 0 Å². The van der Waals surface area contributed by atoms with E-state index in [0.29, 0.717) is 18.1 Å². The molecule has 0 spiro atoms. The summed E-state index contributed by atoms with van der Waals surface area (Å²) in [7, 11) is 0. The Bertz CT molecular complexity index is 328. The van der Waals surface area contributed by atoms with Gasteiger partial charge in [-0.15, -0.1) is 0 Å². The molecular formula is C14H22N2O. The van der Waals surface area contributed by atoms with Crippen LogP contribution in [0.15, 0.2) is 30.3 Å². The van der Waals surface area contributed by atoms with Crippen molar-refractivity contribution in [3.05, 3.63) is 35.9 Å². The van der Waals surface area contributed by atoms with Crippen molar-refractivity contribution in [2.75, 3.05) is 6.61 Å². The van der Waals surface area contributed by atoms with Gasteiger partial charge >= 0.3 is 0 Å². The van der Waals surface area contributed by atoms with E-state index >= 15 is 0 Å². The third-order valence-electron chi connectivity index (χ3n) is 3.60. The lowest BCUT2D eigenvalue weighted by molar-refractivity contribution is 0.116. The number of aryl methyl sites for hydroxylation is 1. The maximum atomic E-state index is 5.66. The number of benzene rings is 1. The summed E-state index contributed by atoms with van der Waals surface area (Å²) in [5, 5.41) is 0. The first-order chi connectivity index (χ1) is 8.29. The molecule has 1 saturated heterocycles. The van der Waals surface area contributed by atoms with Crippen LogP contribution in [0.25, 0.3) is 0 Å². The Morgan fingerprint density at radius 2 is 2.18 bits per heavy atom. The number of hydrogen-bond acceptors (Lipinski definition) is 3. The van der Waals surface area contributed by atoms with Crippen LogP contribution >= 0.6 is 0 Å². The number of nitrogens with two attached hydrogens (primary N) is 1. The second-order valence-electron chi connectivity index (χ2n) is 4.94. The molecule has 1 aliphatic rings. The maximum absolute atomic E-state index is 5.66. The minimum Gasteiger partial charge on any atom is -0.378 e. The summed E-state index contributed by atoms with van der Waals surface area (Å²) >= 11 is 0. The lowest BCUT2D eigenvalue weighted by atomic mass is 9.92. The molecule has 1 aromatic carbocycles. The highest BCUT2D eigenvalue weighted by Gasteiger charge is 2.28. The summed E-state index contributed by atoms with van der Waals surface area (Å²) in [6.07, 6.45) is 3.64. The maximum Gasteiger partial charge on any atom is 0.0551 e. The Morgan fingerprint density at radius 3 is 2.76 bits per heavy atom. The predicted octanol–water partition coefficient (Wildman–Crippen LogP) is 1.88. The highest BCUT2D eigenvalue weighted by atomic mass is 16.5. The molecule has 1 aliphatic heterocycles. The van der Waals surface area contributed by atoms with Gasteiger partial charge in [-0.05, 0) is 31.7 Å². The van der Waals surface area contributed by atoms with E-state index in [9.17, 15) is 0 Å². The normalized spacial score (nSPS) is 26.0. The molecule has 1 fully saturated rings. The fraction of sp³-hybridized carbons (Fsp3) is 0.571. The smallest absolute Gasteiger partial charge is 0.0551 e. The Morgan fingerprint density at radius 1 is 1.41 bits per heavy atom. The first kappa shape index (κ1) is 12.6. The molecule has 3 heteroatoms. The molecule has 17 heavy (non-hydrogen) atoms. The highest BCUT2D eigenvalue weighted by molar-refractivity contribution is 5.14. The van der Waals surface area contributed by atoms with Gasteiger partial charge in [0.25, 0.3) is 0 Å². The van der Waals surface area contributed by atoms with Crippen LogP contribution in [0.2, 0.25) is 0 Å². The number of hydrogen-bond donors (Lipinski definition) is 2. The molecule has 3 N–H and O–H groups in total. The first-order valence-electron chi connectivity index (χ1n) is 6.41. The fourth-order valence-corrected chi connectivity index (χ4v) is 2.55. The molecule has 1 aromatic rings. The molecule has 0 saturated carbocycles. The first-order valence-corrected chi connectivity index (χ1v) is 6.41. The van der Waals surface area contributed by atoms with Crippen LogP contribution in [-0.4, -0.2) is 18.8 Å². The molecule has 1 heterocycles. The third kappa shape index (κ3) is 3.53. The molecule has 94 valence electrons. The van der Waals surface area contributed by atoms with E-state index in [1.807, 2.05) is 0 Å². The van der Waals surface area contributed by atoms with Crippen molar-refractivity contribution >= 4 is 0 Å². The number of rotatable bonds is 5. The van der Waals surface area contributed by atoms with E-state index in [1.54, 1.807) is 0 Å². The summed E-state index contributed by atoms with van der Waals surface area (Å²) in [4.78, 5) is 0. The van der Waals surface area contributed by atoms with Crippen LogP contribution in [0, 0.1) is 5.92 Å². The quantitative estimate of drug-likeness (QED) is 0.604. The van der Waals surface area contributed by atoms with Gasteiger partial charge < -0.3 is 4.74 Å². The zero-order valence-electron chi connectivity index (χ0n) is 10.4. The molecule has 3 unspecified atom stereocenters. The van der Waals surface area contributed by atoms with Crippen LogP contribution in [0.4, 0.5) is 0 Å². The van der Waals surface area contributed by atoms with E-state index < -0.39 is 0 Å². The third-order valence-corrected chi connectivity index (χ3v) is 3.60. The molecule has 0 bridgehead atoms. The van der Waals surface area contributed by atoms with Crippen molar-refractivity contribution in [1.82, 2.24) is 5.43 Å². The summed E-state index contributed by atoms with van der Waals surface area (Å²) < 4.78 is 5.60. The average molecular weight is 234 g/mol. The zero-order chi connectivity index (χ0) is 12.1. The summed E-state index contributed by atoms with van der Waals surface area (Å²) in [6.45, 7) is 2.97. The van der Waals surface area contributed by atoms with Gasteiger partial charge in [-0.2, -0.15) is 0 Å². The van der Waals surface area contributed by atoms with E-state index in [1.165, 1.54) is 5.56 Å². The number of ether oxygens (including phenoxy) is 1. The minimum absolute atomic E-state index is 0.361. The van der Waals surface area contributed by atoms with Crippen molar-refractivity contribution in [3.63, 3.8) is 0 Å². The van der Waals surface area contributed by atoms with Gasteiger partial charge in [0, 0.05) is 12.0 Å². The molecule has 2 rings (SSSR count). The van der Waals surface area contributed by atoms with Gasteiger partial charge in [0.2, 0.25) is 0 Å². The Balaban J connectivity index is 1.84. The van der Waals surface area contributed by atoms with Crippen LogP contribution in [0.1, 0.15) is 25.3 Å². The Hall–Kier alpha value is -0.900. The standard InChI is InChI=1S/C14H22N2O/c1-11-9-13(10-17-11)14(16-15)8-7-12-5-3-2-4-6-12/h2-6,11,13-14,16H,7-10,15H2,1H3. The van der Waals surface area contributed by atoms with Crippen LogP contribution in [0.3, 0.4) is 0 Å². The van der Waals surface area contributed by atoms with E-state index in [0.717, 1.165) is 25.9 Å². The summed E-state index contributed by atoms with van der Waals surface area (Å²) in [5.74, 6) is 6.21. The van der Waals surface area contributed by atoms with Crippen LogP contribution in [0.5, 0.6) is 0 Å². The van der Waals surface area contributed by atoms with Gasteiger partial charge in [-0.25, -0.2) is 0 Å². The monoisotopic (exact) mass is 234 g/mol. The second kappa shape index (κ2) is 6.15. The molecule has 3 atom stereocenters. The summed E-state index contributed by atoms with van der Waals surface area (Å²) in [5.41, 5.74) is 4.33. The molecule has 0 aromatic heterocycles. The lowest BCUT2D eigenvalue weighted by Gasteiger charge is -2.21. The van der Waals surface area contributed by atoms with Crippen molar-refractivity contribution < 1.29 is 4.74 Å². The average Bonchev–Trinajstić information content (AvgIpc) is 2.78. The largest absolute Gasteiger partial charge is 0.378 e. The van der Waals surface area contributed by atoms with E-state index in [4.69, 9.17) is 10.6 Å². The van der Waals surface area contributed by atoms with Gasteiger partial charge in [-0.3, -0.25) is 11.3 Å². The molecule has 3 nitrogen and oxygen atoms in total. The van der Waals surface area contributed by atoms with E-state index in [2.05, 4.69) is 42.7 Å². The van der Waals surface area contributed by atoms with Crippen molar-refractivity contribution in [3.8, 4) is 0 Å². The SMILES string of the molecule is CC1CC(C(CCc2ccccc2)NN)CO1. The highest BCUT2D eigenvalue weighted by Crippen LogP contribution is 2.24. The Labute approximate surface area is 103 Å². The topological polar surface area (TPSA) is 47.3 Å². The molecule has 0 radical (unpaired) electrons. The minimum atomic E-state index is 0.361. The summed E-state index contributed by atoms with van der Waals surface area (Å²) in [6, 6.07) is 10.9. The van der Waals surface area contributed by atoms with Crippen molar-refractivity contribution in [2.45, 2.75) is 38.3 Å². The molecule has 0 aliphatic carbocycles. The molecular weight excluding hydrogens is 212 g/mol. The fourth-order valence-electron chi connectivity index (χ4n) is 2.55. The number of nitrogens with one attached hydrogen (secondary N) is 1. The second-order valence-corrected chi connectivity index (χ2v) is 4.94. The van der Waals surface area contributed by atoms with Crippen LogP contribution < -0.4 is 11.3 Å². The zero-order valence-corrected chi connectivity index (χ0v) is 10.4. The van der Waals surface area contributed by atoms with Gasteiger partial charge in [-0.1, -0.05) is 30.3 Å². The Kier molecular flexibility index (Phi) is 4.54. The van der Waals surface area contributed by atoms with Gasteiger partial charge in [0.1, 0.15) is 0 Å². The van der Waals surface area contributed by atoms with Crippen LogP contribution in [-0.2, 0) is 11.2 Å². The van der Waals surface area contributed by atoms with Gasteiger partial charge in [0.05, 0.1) is 12.7 Å². The van der Waals surface area contributed by atoms with Crippen molar-refractivity contribution in [2.24, 2.45) is 11.8 Å².